The fraction of sp³-hybridized carbons (Fsp3) is 0.571. The van der Waals surface area contributed by atoms with E-state index in [-0.39, 0.29) is 0 Å². The molecular weight excluding hydrogens is 274 g/mol. The molecule has 5 nitrogen and oxygen atoms in total. The van der Waals surface area contributed by atoms with Crippen molar-refractivity contribution in [1.29, 1.82) is 0 Å². The maximum Gasteiger partial charge on any atom is 0.242 e. The van der Waals surface area contributed by atoms with Crippen molar-refractivity contribution in [2.75, 3.05) is 33.7 Å². The van der Waals surface area contributed by atoms with Crippen molar-refractivity contribution in [3.05, 3.63) is 29.8 Å². The molecule has 1 heterocycles. The number of nitrogens with zero attached hydrogens (tertiary/aromatic N) is 2. The van der Waals surface area contributed by atoms with E-state index < -0.39 is 10.0 Å². The summed E-state index contributed by atoms with van der Waals surface area (Å²) in [4.78, 5) is 2.73. The van der Waals surface area contributed by atoms with Gasteiger partial charge >= 0.3 is 0 Å². The van der Waals surface area contributed by atoms with Crippen LogP contribution < -0.4 is 5.32 Å². The standard InChI is InChI=1S/C14H23N3O2S/c1-12-10-17(9-8-15-12)11-13-4-6-14(7-5-13)20(18,19)16(2)3/h4-7,12,15H,8-11H2,1-3H3/t12-/m1/s1. The summed E-state index contributed by atoms with van der Waals surface area (Å²) in [5.41, 5.74) is 1.15. The number of rotatable bonds is 4. The van der Waals surface area contributed by atoms with Crippen molar-refractivity contribution in [2.24, 2.45) is 0 Å². The Balaban J connectivity index is 2.05. The molecule has 1 aromatic carbocycles. The Bertz CT molecular complexity index is 540. The Morgan fingerprint density at radius 1 is 1.30 bits per heavy atom. The van der Waals surface area contributed by atoms with E-state index in [1.54, 1.807) is 26.2 Å². The molecule has 0 spiro atoms. The van der Waals surface area contributed by atoms with Crippen molar-refractivity contribution in [3.8, 4) is 0 Å². The van der Waals surface area contributed by atoms with E-state index in [1.807, 2.05) is 12.1 Å². The highest BCUT2D eigenvalue weighted by atomic mass is 32.2. The van der Waals surface area contributed by atoms with Gasteiger partial charge in [-0.1, -0.05) is 12.1 Å². The smallest absolute Gasteiger partial charge is 0.242 e. The monoisotopic (exact) mass is 297 g/mol. The Morgan fingerprint density at radius 2 is 1.95 bits per heavy atom. The molecule has 112 valence electrons. The minimum absolute atomic E-state index is 0.347. The fourth-order valence-electron chi connectivity index (χ4n) is 2.39. The second kappa shape index (κ2) is 6.22. The van der Waals surface area contributed by atoms with Gasteiger partial charge in [0.25, 0.3) is 0 Å². The van der Waals surface area contributed by atoms with Gasteiger partial charge in [-0.3, -0.25) is 4.90 Å². The quantitative estimate of drug-likeness (QED) is 0.890. The largest absolute Gasteiger partial charge is 0.312 e. The summed E-state index contributed by atoms with van der Waals surface area (Å²) in [5, 5.41) is 3.41. The van der Waals surface area contributed by atoms with Crippen LogP contribution in [0.2, 0.25) is 0 Å². The van der Waals surface area contributed by atoms with E-state index in [1.165, 1.54) is 4.31 Å². The normalized spacial score (nSPS) is 21.3. The van der Waals surface area contributed by atoms with Crippen LogP contribution in [-0.2, 0) is 16.6 Å². The van der Waals surface area contributed by atoms with Crippen LogP contribution in [0.3, 0.4) is 0 Å². The van der Waals surface area contributed by atoms with Gasteiger partial charge in [-0.2, -0.15) is 0 Å². The first-order valence-corrected chi connectivity index (χ1v) is 8.31. The molecule has 1 aliphatic heterocycles. The Morgan fingerprint density at radius 3 is 2.50 bits per heavy atom. The van der Waals surface area contributed by atoms with Gasteiger partial charge in [-0.15, -0.1) is 0 Å². The van der Waals surface area contributed by atoms with E-state index in [9.17, 15) is 8.42 Å². The van der Waals surface area contributed by atoms with Crippen molar-refractivity contribution in [2.45, 2.75) is 24.4 Å². The maximum atomic E-state index is 12.0. The lowest BCUT2D eigenvalue weighted by molar-refractivity contribution is 0.199. The second-order valence-electron chi connectivity index (χ2n) is 5.52. The summed E-state index contributed by atoms with van der Waals surface area (Å²) in [6, 6.07) is 7.70. The van der Waals surface area contributed by atoms with Gasteiger partial charge in [0.15, 0.2) is 0 Å². The van der Waals surface area contributed by atoms with Gasteiger partial charge in [0.2, 0.25) is 10.0 Å². The summed E-state index contributed by atoms with van der Waals surface area (Å²) in [6.45, 7) is 6.11. The van der Waals surface area contributed by atoms with Crippen LogP contribution in [0.15, 0.2) is 29.2 Å². The first-order chi connectivity index (χ1) is 9.39. The Kier molecular flexibility index (Phi) is 4.80. The summed E-state index contributed by atoms with van der Waals surface area (Å²) in [5.74, 6) is 0. The predicted molar refractivity (Wildman–Crippen MR) is 80.1 cm³/mol. The molecule has 1 atom stereocenters. The lowest BCUT2D eigenvalue weighted by Crippen LogP contribution is -2.48. The third kappa shape index (κ3) is 3.58. The van der Waals surface area contributed by atoms with E-state index in [4.69, 9.17) is 0 Å². The van der Waals surface area contributed by atoms with Crippen LogP contribution >= 0.6 is 0 Å². The van der Waals surface area contributed by atoms with Crippen LogP contribution in [0.25, 0.3) is 0 Å². The highest BCUT2D eigenvalue weighted by Crippen LogP contribution is 2.15. The van der Waals surface area contributed by atoms with Crippen LogP contribution in [0.4, 0.5) is 0 Å². The molecule has 0 saturated carbocycles. The second-order valence-corrected chi connectivity index (χ2v) is 7.67. The molecule has 6 heteroatoms. The van der Waals surface area contributed by atoms with Gasteiger partial charge in [0, 0.05) is 46.3 Å². The molecule has 0 unspecified atom stereocenters. The van der Waals surface area contributed by atoms with Crippen LogP contribution in [0, 0.1) is 0 Å². The van der Waals surface area contributed by atoms with Crippen molar-refractivity contribution in [3.63, 3.8) is 0 Å². The highest BCUT2D eigenvalue weighted by Gasteiger charge is 2.18. The Labute approximate surface area is 121 Å². The summed E-state index contributed by atoms with van der Waals surface area (Å²) in [6.07, 6.45) is 0. The van der Waals surface area contributed by atoms with Crippen LogP contribution in [0.5, 0.6) is 0 Å². The van der Waals surface area contributed by atoms with Gasteiger partial charge in [-0.25, -0.2) is 12.7 Å². The average Bonchev–Trinajstić information content (AvgIpc) is 2.39. The first kappa shape index (κ1) is 15.4. The number of benzene rings is 1. The van der Waals surface area contributed by atoms with E-state index in [0.29, 0.717) is 10.9 Å². The minimum atomic E-state index is -3.33. The third-order valence-corrected chi connectivity index (χ3v) is 5.39. The lowest BCUT2D eigenvalue weighted by atomic mass is 10.1. The molecule has 0 aromatic heterocycles. The molecule has 2 rings (SSSR count). The number of nitrogens with one attached hydrogen (secondary N) is 1. The molecule has 0 radical (unpaired) electrons. The zero-order valence-electron chi connectivity index (χ0n) is 12.3. The molecule has 1 aliphatic rings. The molecule has 20 heavy (non-hydrogen) atoms. The lowest BCUT2D eigenvalue weighted by Gasteiger charge is -2.31. The van der Waals surface area contributed by atoms with Crippen LogP contribution in [-0.4, -0.2) is 57.4 Å². The third-order valence-electron chi connectivity index (χ3n) is 3.56. The topological polar surface area (TPSA) is 52.7 Å². The molecule has 1 saturated heterocycles. The molecule has 1 fully saturated rings. The number of hydrogen-bond donors (Lipinski definition) is 1. The van der Waals surface area contributed by atoms with Gasteiger partial charge < -0.3 is 5.32 Å². The van der Waals surface area contributed by atoms with E-state index in [2.05, 4.69) is 17.1 Å². The van der Waals surface area contributed by atoms with Crippen molar-refractivity contribution < 1.29 is 8.42 Å². The fourth-order valence-corrected chi connectivity index (χ4v) is 3.29. The number of sulfonamides is 1. The number of piperazine rings is 1. The molecule has 0 amide bonds. The molecule has 1 N–H and O–H groups in total. The minimum Gasteiger partial charge on any atom is -0.312 e. The zero-order valence-corrected chi connectivity index (χ0v) is 13.2. The summed E-state index contributed by atoms with van der Waals surface area (Å²) in [7, 11) is -0.232. The molecule has 0 bridgehead atoms. The van der Waals surface area contributed by atoms with Crippen LogP contribution in [0.1, 0.15) is 12.5 Å². The molecule has 1 aromatic rings. The van der Waals surface area contributed by atoms with Gasteiger partial charge in [0.05, 0.1) is 4.90 Å². The average molecular weight is 297 g/mol. The van der Waals surface area contributed by atoms with E-state index in [0.717, 1.165) is 31.7 Å². The van der Waals surface area contributed by atoms with Crippen molar-refractivity contribution in [1.82, 2.24) is 14.5 Å². The molecule has 0 aliphatic carbocycles. The summed E-state index contributed by atoms with van der Waals surface area (Å²) < 4.78 is 25.2. The first-order valence-electron chi connectivity index (χ1n) is 6.87. The number of hydrogen-bond acceptors (Lipinski definition) is 4. The van der Waals surface area contributed by atoms with Gasteiger partial charge in [0.1, 0.15) is 0 Å². The predicted octanol–water partition coefficient (Wildman–Crippen LogP) is 0.731. The highest BCUT2D eigenvalue weighted by molar-refractivity contribution is 7.89. The zero-order chi connectivity index (χ0) is 14.8. The Hall–Kier alpha value is -0.950. The van der Waals surface area contributed by atoms with Gasteiger partial charge in [-0.05, 0) is 24.6 Å². The maximum absolute atomic E-state index is 12.0. The SMILES string of the molecule is C[C@@H]1CN(Cc2ccc(S(=O)(=O)N(C)C)cc2)CCN1. The summed E-state index contributed by atoms with van der Waals surface area (Å²) >= 11 is 0. The van der Waals surface area contributed by atoms with E-state index >= 15 is 0 Å². The van der Waals surface area contributed by atoms with Crippen molar-refractivity contribution >= 4 is 10.0 Å². The molecular formula is C14H23N3O2S.